The predicted octanol–water partition coefficient (Wildman–Crippen LogP) is 9.62. The summed E-state index contributed by atoms with van der Waals surface area (Å²) >= 11 is 0. The zero-order chi connectivity index (χ0) is 35.5. The second-order valence-electron chi connectivity index (χ2n) is 11.2. The van der Waals surface area contributed by atoms with Gasteiger partial charge in [0, 0.05) is 41.1 Å². The number of nitrogens with zero attached hydrogens (tertiary/aromatic N) is 4. The molecule has 5 aromatic carbocycles. The van der Waals surface area contributed by atoms with Gasteiger partial charge in [-0.15, -0.1) is 42.0 Å². The van der Waals surface area contributed by atoms with E-state index in [9.17, 15) is 0 Å². The summed E-state index contributed by atoms with van der Waals surface area (Å²) < 4.78 is 23.7. The maximum atomic E-state index is 6.57. The summed E-state index contributed by atoms with van der Waals surface area (Å²) in [6.07, 6.45) is 15.6. The first-order valence-electron chi connectivity index (χ1n) is 16.2. The number of benzene rings is 5. The van der Waals surface area contributed by atoms with E-state index in [1.54, 1.807) is 35.3 Å². The number of ether oxygens (including phenoxy) is 3. The van der Waals surface area contributed by atoms with Gasteiger partial charge in [0.2, 0.25) is 6.20 Å². The van der Waals surface area contributed by atoms with Gasteiger partial charge >= 0.3 is 48.1 Å². The van der Waals surface area contributed by atoms with Crippen molar-refractivity contribution in [2.24, 2.45) is 0 Å². The number of hydrogen-bond donors (Lipinski definition) is 0. The Balaban J connectivity index is 0.000000562. The Morgan fingerprint density at radius 3 is 2.11 bits per heavy atom. The van der Waals surface area contributed by atoms with Crippen LogP contribution in [-0.4, -0.2) is 31.8 Å². The molecule has 0 unspecified atom stereocenters. The summed E-state index contributed by atoms with van der Waals surface area (Å²) in [5, 5.41) is 0. The van der Waals surface area contributed by atoms with E-state index in [1.165, 1.54) is 0 Å². The number of aromatic nitrogens is 2. The van der Waals surface area contributed by atoms with E-state index in [0.29, 0.717) is 40.2 Å². The zero-order valence-electron chi connectivity index (χ0n) is 28.6. The SMILES string of the molecule is C[N+]1=C=[N+](c2[c-]c(Oc3[c-]c(-c4cc(-c5[c-]c(Oc6[c-]cccc6)cc(Oc6ccccc6)c5)[c-]cn4)ccc3)ccc2)C=C1.[C-]#Cn1cccc1.[Pt+2].[Pt+4]. The van der Waals surface area contributed by atoms with Gasteiger partial charge in [0.15, 0.2) is 7.05 Å². The summed E-state index contributed by atoms with van der Waals surface area (Å²) in [6.45, 7) is 0. The topological polar surface area (TPSA) is 51.5 Å². The first-order chi connectivity index (χ1) is 25.6. The van der Waals surface area contributed by atoms with Crippen LogP contribution in [0.1, 0.15) is 0 Å². The summed E-state index contributed by atoms with van der Waals surface area (Å²) in [5.74, 6) is 3.47. The molecule has 0 amide bonds. The van der Waals surface area contributed by atoms with E-state index in [2.05, 4.69) is 47.4 Å². The van der Waals surface area contributed by atoms with Crippen molar-refractivity contribution < 1.29 is 65.5 Å². The van der Waals surface area contributed by atoms with E-state index in [-0.39, 0.29) is 42.1 Å². The summed E-state index contributed by atoms with van der Waals surface area (Å²) in [6, 6.07) is 59.4. The molecule has 9 heteroatoms. The molecule has 8 rings (SSSR count). The third-order valence-electron chi connectivity index (χ3n) is 7.41. The first-order valence-corrected chi connectivity index (χ1v) is 16.2. The smallest absolute Gasteiger partial charge is 0.669 e. The summed E-state index contributed by atoms with van der Waals surface area (Å²) in [7, 11) is 1.92. The Morgan fingerprint density at radius 2 is 1.39 bits per heavy atom. The van der Waals surface area contributed by atoms with E-state index >= 15 is 0 Å². The number of pyridine rings is 1. The van der Waals surface area contributed by atoms with E-state index in [0.717, 1.165) is 22.4 Å². The molecule has 0 aliphatic carbocycles. The van der Waals surface area contributed by atoms with Gasteiger partial charge < -0.3 is 30.2 Å². The van der Waals surface area contributed by atoms with Crippen molar-refractivity contribution in [1.29, 1.82) is 0 Å². The molecular weight excluding hydrogens is 1030 g/mol. The van der Waals surface area contributed by atoms with Gasteiger partial charge in [-0.25, -0.2) is 23.7 Å². The Labute approximate surface area is 343 Å². The van der Waals surface area contributed by atoms with Crippen LogP contribution in [-0.2, 0) is 42.1 Å². The molecule has 0 bridgehead atoms. The fourth-order valence-electron chi connectivity index (χ4n) is 5.01. The van der Waals surface area contributed by atoms with Crippen molar-refractivity contribution in [3.05, 3.63) is 189 Å². The van der Waals surface area contributed by atoms with Crippen LogP contribution in [0.15, 0.2) is 152 Å². The maximum absolute atomic E-state index is 6.57. The minimum absolute atomic E-state index is 0. The quantitative estimate of drug-likeness (QED) is 0.0822. The monoisotopic (exact) mass is 1060 g/mol. The third kappa shape index (κ3) is 10.5. The first kappa shape index (κ1) is 39.2. The number of hydrogen-bond acceptors (Lipinski definition) is 4. The maximum Gasteiger partial charge on any atom is 4.00 e. The number of para-hydroxylation sites is 2. The molecule has 0 radical (unpaired) electrons. The Morgan fingerprint density at radius 1 is 0.667 bits per heavy atom. The second kappa shape index (κ2) is 19.2. The van der Waals surface area contributed by atoms with Gasteiger partial charge in [0.05, 0.1) is 0 Å². The van der Waals surface area contributed by atoms with Crippen LogP contribution in [0.4, 0.5) is 5.69 Å². The molecule has 7 aromatic rings. The third-order valence-corrected chi connectivity index (χ3v) is 7.41. The predicted molar refractivity (Wildman–Crippen MR) is 196 cm³/mol. The molecule has 2 aromatic heterocycles. The molecule has 0 spiro atoms. The van der Waals surface area contributed by atoms with Crippen molar-refractivity contribution in [3.63, 3.8) is 0 Å². The minimum atomic E-state index is 0. The van der Waals surface area contributed by atoms with Crippen molar-refractivity contribution in [3.8, 4) is 62.9 Å². The molecule has 264 valence electrons. The normalized spacial score (nSPS) is 11.0. The fraction of sp³-hybridized carbons (Fsp3) is 0.0222. The summed E-state index contributed by atoms with van der Waals surface area (Å²) in [5.41, 5.74) is 3.77. The average Bonchev–Trinajstić information content (AvgIpc) is 3.89. The Hall–Kier alpha value is -6.01. The van der Waals surface area contributed by atoms with E-state index in [4.69, 9.17) is 20.6 Å². The Bertz CT molecular complexity index is 2390. The van der Waals surface area contributed by atoms with Crippen molar-refractivity contribution in [1.82, 2.24) is 9.55 Å². The molecule has 1 aliphatic heterocycles. The van der Waals surface area contributed by atoms with Crippen LogP contribution in [0, 0.1) is 42.8 Å². The minimum Gasteiger partial charge on any atom is -0.669 e. The second-order valence-corrected chi connectivity index (χ2v) is 11.2. The van der Waals surface area contributed by atoms with E-state index < -0.39 is 0 Å². The van der Waals surface area contributed by atoms with Gasteiger partial charge in [0.25, 0.3) is 6.20 Å². The molecule has 0 saturated heterocycles. The van der Waals surface area contributed by atoms with Crippen molar-refractivity contribution in [2.45, 2.75) is 0 Å². The number of rotatable bonds is 9. The molecule has 0 atom stereocenters. The molecule has 1 aliphatic rings. The van der Waals surface area contributed by atoms with Gasteiger partial charge in [-0.2, -0.15) is 36.4 Å². The molecule has 3 heterocycles. The fourth-order valence-corrected chi connectivity index (χ4v) is 5.01. The van der Waals surface area contributed by atoms with Crippen molar-refractivity contribution >= 4 is 11.7 Å². The van der Waals surface area contributed by atoms with Gasteiger partial charge in [-0.05, 0) is 24.3 Å². The standard InChI is InChI=1S/C39H24N3O3.C6H4N.2Pt/c1-41-20-21-42(28-41)32-11-9-17-36(26-32)45-35-16-8-10-30(22-35)39-25-29(18-19-40-39)31-23-37(43-33-12-4-2-5-13-33)27-38(24-31)44-34-14-6-3-7-15-34;1-2-7-5-3-4-6-7;;/h2-14,16-17,19-21,23,25,27H,1H3;3-6H;;/q-3;-1;+2;+4. The van der Waals surface area contributed by atoms with Crippen LogP contribution in [0.3, 0.4) is 0 Å². The van der Waals surface area contributed by atoms with Crippen LogP contribution >= 0.6 is 0 Å². The molecule has 7 nitrogen and oxygen atoms in total. The largest absolute Gasteiger partial charge is 4.00 e. The van der Waals surface area contributed by atoms with Crippen LogP contribution < -0.4 is 14.2 Å². The van der Waals surface area contributed by atoms with Gasteiger partial charge in [-0.1, -0.05) is 63.5 Å². The molecular formula is C45H28N4O3Pt2+2. The van der Waals surface area contributed by atoms with Crippen LogP contribution in [0.2, 0.25) is 0 Å². The van der Waals surface area contributed by atoms with Crippen molar-refractivity contribution in [2.75, 3.05) is 7.05 Å². The molecule has 0 fully saturated rings. The van der Waals surface area contributed by atoms with Crippen LogP contribution in [0.25, 0.3) is 22.4 Å². The van der Waals surface area contributed by atoms with E-state index in [1.807, 2.05) is 138 Å². The summed E-state index contributed by atoms with van der Waals surface area (Å²) in [4.78, 5) is 4.58. The molecule has 54 heavy (non-hydrogen) atoms. The molecule has 0 saturated carbocycles. The van der Waals surface area contributed by atoms with Gasteiger partial charge in [0.1, 0.15) is 11.4 Å². The zero-order valence-corrected chi connectivity index (χ0v) is 33.1. The van der Waals surface area contributed by atoms with Gasteiger partial charge in [-0.3, -0.25) is 5.56 Å². The Kier molecular flexibility index (Phi) is 13.9. The average molecular weight is 1060 g/mol. The molecule has 0 N–H and O–H groups in total. The van der Waals surface area contributed by atoms with Crippen LogP contribution in [0.5, 0.6) is 34.5 Å².